The van der Waals surface area contributed by atoms with Crippen LogP contribution in [0.4, 0.5) is 10.5 Å². The Morgan fingerprint density at radius 1 is 0.875 bits per heavy atom. The highest BCUT2D eigenvalue weighted by molar-refractivity contribution is 5.91. The highest BCUT2D eigenvalue weighted by atomic mass is 16.6. The zero-order valence-electron chi connectivity index (χ0n) is 28.6. The van der Waals surface area contributed by atoms with Crippen molar-refractivity contribution in [3.05, 3.63) is 94.8 Å². The molecule has 5 N–H and O–H groups in total. The molecule has 48 heavy (non-hydrogen) atoms. The number of amides is 1. The lowest BCUT2D eigenvalue weighted by Crippen LogP contribution is -2.35. The molecule has 1 atom stereocenters. The van der Waals surface area contributed by atoms with Crippen LogP contribution in [0.25, 0.3) is 22.0 Å². The number of benzene rings is 3. The van der Waals surface area contributed by atoms with Crippen LogP contribution < -0.4 is 16.2 Å². The third-order valence-electron chi connectivity index (χ3n) is 8.71. The van der Waals surface area contributed by atoms with Gasteiger partial charge >= 0.3 is 6.09 Å². The molecule has 0 fully saturated rings. The van der Waals surface area contributed by atoms with E-state index < -0.39 is 17.8 Å². The Labute approximate surface area is 284 Å². The predicted octanol–water partition coefficient (Wildman–Crippen LogP) is 7.60. The van der Waals surface area contributed by atoms with Gasteiger partial charge in [-0.2, -0.15) is 0 Å². The van der Waals surface area contributed by atoms with Gasteiger partial charge in [-0.25, -0.2) is 4.79 Å². The van der Waals surface area contributed by atoms with Gasteiger partial charge in [0, 0.05) is 30.1 Å². The number of para-hydroxylation sites is 1. The summed E-state index contributed by atoms with van der Waals surface area (Å²) in [5.74, 6) is -0.00608. The minimum atomic E-state index is -0.733. The van der Waals surface area contributed by atoms with Crippen molar-refractivity contribution in [2.24, 2.45) is 0 Å². The lowest BCUT2D eigenvalue weighted by molar-refractivity contribution is 0.0357. The molecule has 0 unspecified atom stereocenters. The molecule has 4 rings (SSSR count). The van der Waals surface area contributed by atoms with E-state index in [0.29, 0.717) is 23.0 Å². The van der Waals surface area contributed by atoms with E-state index in [-0.39, 0.29) is 11.3 Å². The number of aliphatic hydroxyl groups is 1. The summed E-state index contributed by atoms with van der Waals surface area (Å²) >= 11 is 0. The fourth-order valence-electron chi connectivity index (χ4n) is 5.88. The standard InChI is InChI=1S/C39H52N4O5/c1-39(2,48-38(47)41-33-19-13-12-18-30(33)29-16-10-9-11-17-29)24-27-43(3)26-15-8-6-4-5-7-14-25-40-28-35(45)31-20-22-34(44)37-32(31)21-23-36(46)42-37/h9-13,16-23,35,40,44-45H,4-8,14-15,24-28H2,1-3H3,(H,41,47)(H,42,46)/t35-/m1/s1. The van der Waals surface area contributed by atoms with Crippen molar-refractivity contribution in [2.75, 3.05) is 38.5 Å². The summed E-state index contributed by atoms with van der Waals surface area (Å²) in [6, 6.07) is 24.0. The van der Waals surface area contributed by atoms with E-state index in [1.54, 1.807) is 12.1 Å². The van der Waals surface area contributed by atoms with E-state index in [4.69, 9.17) is 4.74 Å². The van der Waals surface area contributed by atoms with E-state index >= 15 is 0 Å². The molecule has 0 saturated heterocycles. The van der Waals surface area contributed by atoms with Gasteiger partial charge in [0.1, 0.15) is 11.4 Å². The third kappa shape index (κ3) is 11.5. The van der Waals surface area contributed by atoms with Crippen molar-refractivity contribution < 1.29 is 19.7 Å². The van der Waals surface area contributed by atoms with E-state index in [9.17, 15) is 19.8 Å². The molecule has 1 aromatic heterocycles. The van der Waals surface area contributed by atoms with Crippen LogP contribution in [0.1, 0.15) is 76.9 Å². The number of anilines is 1. The minimum Gasteiger partial charge on any atom is -0.506 e. The van der Waals surface area contributed by atoms with E-state index in [2.05, 4.69) is 27.6 Å². The number of phenols is 1. The fourth-order valence-corrected chi connectivity index (χ4v) is 5.88. The number of pyridine rings is 1. The number of aromatic amines is 1. The molecule has 0 aliphatic heterocycles. The summed E-state index contributed by atoms with van der Waals surface area (Å²) in [5.41, 5.74) is 2.88. The Morgan fingerprint density at radius 2 is 1.56 bits per heavy atom. The number of carbonyl (C=O) groups is 1. The second kappa shape index (κ2) is 18.4. The Balaban J connectivity index is 1.02. The van der Waals surface area contributed by atoms with Crippen LogP contribution in [0, 0.1) is 0 Å². The number of H-pyrrole nitrogens is 1. The van der Waals surface area contributed by atoms with Gasteiger partial charge in [-0.1, -0.05) is 86.7 Å². The number of fused-ring (bicyclic) bond motifs is 1. The summed E-state index contributed by atoms with van der Waals surface area (Å²) in [4.78, 5) is 29.4. The molecule has 9 nitrogen and oxygen atoms in total. The highest BCUT2D eigenvalue weighted by Gasteiger charge is 2.24. The fraction of sp³-hybridized carbons (Fsp3) is 0.436. The topological polar surface area (TPSA) is 127 Å². The number of rotatable bonds is 19. The molecule has 0 spiro atoms. The SMILES string of the molecule is CN(CCCCCCCCCNC[C@@H](O)c1ccc(O)c2[nH]c(=O)ccc12)CCC(C)(C)OC(=O)Nc1ccccc1-c1ccccc1. The molecule has 9 heteroatoms. The van der Waals surface area contributed by atoms with Crippen LogP contribution >= 0.6 is 0 Å². The number of nitrogens with one attached hydrogen (secondary N) is 3. The number of aliphatic hydroxyl groups excluding tert-OH is 1. The first kappa shape index (κ1) is 36.7. The van der Waals surface area contributed by atoms with Gasteiger partial charge in [0.15, 0.2) is 0 Å². The Morgan fingerprint density at radius 3 is 2.33 bits per heavy atom. The van der Waals surface area contributed by atoms with Crippen molar-refractivity contribution in [1.29, 1.82) is 0 Å². The summed E-state index contributed by atoms with van der Waals surface area (Å²) in [6.45, 7) is 7.03. The first-order valence-electron chi connectivity index (χ1n) is 17.2. The number of hydrogen-bond donors (Lipinski definition) is 5. The van der Waals surface area contributed by atoms with Gasteiger partial charge in [-0.05, 0) is 82.6 Å². The Kier molecular flexibility index (Phi) is 14.0. The second-order valence-electron chi connectivity index (χ2n) is 13.2. The van der Waals surface area contributed by atoms with Crippen LogP contribution in [-0.4, -0.2) is 65.0 Å². The van der Waals surface area contributed by atoms with Crippen molar-refractivity contribution in [2.45, 2.75) is 76.9 Å². The zero-order valence-corrected chi connectivity index (χ0v) is 28.6. The van der Waals surface area contributed by atoms with Crippen LogP contribution in [0.2, 0.25) is 0 Å². The molecule has 0 saturated carbocycles. The second-order valence-corrected chi connectivity index (χ2v) is 13.2. The smallest absolute Gasteiger partial charge is 0.412 e. The van der Waals surface area contributed by atoms with Gasteiger partial charge in [-0.15, -0.1) is 0 Å². The number of carbonyl (C=O) groups excluding carboxylic acids is 1. The maximum atomic E-state index is 12.8. The molecule has 0 aliphatic rings. The number of phenolic OH excluding ortho intramolecular Hbond substituents is 1. The molecule has 0 radical (unpaired) electrons. The van der Waals surface area contributed by atoms with Crippen LogP contribution in [0.5, 0.6) is 5.75 Å². The van der Waals surface area contributed by atoms with Crippen molar-refractivity contribution >= 4 is 22.7 Å². The Hall–Kier alpha value is -4.18. The summed E-state index contributed by atoms with van der Waals surface area (Å²) in [5, 5.41) is 27.6. The van der Waals surface area contributed by atoms with Gasteiger partial charge in [0.05, 0.1) is 17.3 Å². The number of aromatic hydroxyl groups is 1. The lowest BCUT2D eigenvalue weighted by atomic mass is 10.0. The zero-order chi connectivity index (χ0) is 34.4. The number of nitrogens with zero attached hydrogens (tertiary/aromatic N) is 1. The lowest BCUT2D eigenvalue weighted by Gasteiger charge is -2.28. The van der Waals surface area contributed by atoms with Gasteiger partial charge in [-0.3, -0.25) is 10.1 Å². The number of unbranched alkanes of at least 4 members (excludes halogenated alkanes) is 6. The third-order valence-corrected chi connectivity index (χ3v) is 8.71. The van der Waals surface area contributed by atoms with E-state index in [0.717, 1.165) is 62.1 Å². The number of hydrogen-bond acceptors (Lipinski definition) is 7. The molecular formula is C39H52N4O5. The summed E-state index contributed by atoms with van der Waals surface area (Å²) < 4.78 is 5.83. The van der Waals surface area contributed by atoms with Crippen LogP contribution in [0.3, 0.4) is 0 Å². The first-order chi connectivity index (χ1) is 23.1. The van der Waals surface area contributed by atoms with Crippen molar-refractivity contribution in [3.63, 3.8) is 0 Å². The van der Waals surface area contributed by atoms with E-state index in [1.165, 1.54) is 37.8 Å². The predicted molar refractivity (Wildman–Crippen MR) is 195 cm³/mol. The van der Waals surface area contributed by atoms with Gasteiger partial charge in [0.2, 0.25) is 5.56 Å². The van der Waals surface area contributed by atoms with Crippen LogP contribution in [-0.2, 0) is 4.74 Å². The normalized spacial score (nSPS) is 12.4. The van der Waals surface area contributed by atoms with Crippen LogP contribution in [0.15, 0.2) is 83.7 Å². The summed E-state index contributed by atoms with van der Waals surface area (Å²) in [6.07, 6.45) is 7.74. The van der Waals surface area contributed by atoms with Crippen molar-refractivity contribution in [1.82, 2.24) is 15.2 Å². The molecule has 4 aromatic rings. The molecule has 3 aromatic carbocycles. The highest BCUT2D eigenvalue weighted by Crippen LogP contribution is 2.29. The quantitative estimate of drug-likeness (QED) is 0.0658. The first-order valence-corrected chi connectivity index (χ1v) is 17.2. The molecule has 0 bridgehead atoms. The molecular weight excluding hydrogens is 604 g/mol. The van der Waals surface area contributed by atoms with Crippen molar-refractivity contribution in [3.8, 4) is 16.9 Å². The minimum absolute atomic E-state index is 0.00608. The molecule has 258 valence electrons. The number of aromatic nitrogens is 1. The molecule has 1 heterocycles. The largest absolute Gasteiger partial charge is 0.506 e. The van der Waals surface area contributed by atoms with E-state index in [1.807, 2.05) is 68.4 Å². The molecule has 0 aliphatic carbocycles. The monoisotopic (exact) mass is 656 g/mol. The molecule has 1 amide bonds. The summed E-state index contributed by atoms with van der Waals surface area (Å²) in [7, 11) is 2.13. The van der Waals surface area contributed by atoms with Gasteiger partial charge in [0.25, 0.3) is 0 Å². The average molecular weight is 657 g/mol. The maximum absolute atomic E-state index is 12.8. The van der Waals surface area contributed by atoms with Gasteiger partial charge < -0.3 is 30.2 Å². The average Bonchev–Trinajstić information content (AvgIpc) is 3.07. The Bertz CT molecular complexity index is 1640. The maximum Gasteiger partial charge on any atom is 0.412 e. The number of ether oxygens (including phenoxy) is 1.